The van der Waals surface area contributed by atoms with Gasteiger partial charge in [-0.2, -0.15) is 0 Å². The predicted molar refractivity (Wildman–Crippen MR) is 87.3 cm³/mol. The van der Waals surface area contributed by atoms with E-state index < -0.39 is 0 Å². The lowest BCUT2D eigenvalue weighted by Crippen LogP contribution is -2.43. The van der Waals surface area contributed by atoms with E-state index >= 15 is 0 Å². The van der Waals surface area contributed by atoms with Crippen molar-refractivity contribution in [2.45, 2.75) is 57.5 Å². The van der Waals surface area contributed by atoms with E-state index in [1.165, 1.54) is 19.3 Å². The highest BCUT2D eigenvalue weighted by Crippen LogP contribution is 2.23. The van der Waals surface area contributed by atoms with Gasteiger partial charge in [0.15, 0.2) is 0 Å². The highest BCUT2D eigenvalue weighted by atomic mass is 16.2. The highest BCUT2D eigenvalue weighted by Gasteiger charge is 2.26. The first-order chi connectivity index (χ1) is 10.2. The minimum Gasteiger partial charge on any atom is -0.342 e. The van der Waals surface area contributed by atoms with Gasteiger partial charge in [0.1, 0.15) is 0 Å². The van der Waals surface area contributed by atoms with Crippen LogP contribution in [0.15, 0.2) is 30.3 Å². The van der Waals surface area contributed by atoms with E-state index in [4.69, 9.17) is 0 Å². The molecule has 21 heavy (non-hydrogen) atoms. The summed E-state index contributed by atoms with van der Waals surface area (Å²) in [7, 11) is 1.97. The molecule has 0 radical (unpaired) electrons. The Kier molecular flexibility index (Phi) is 6.24. The largest absolute Gasteiger partial charge is 0.342 e. The molecule has 1 aliphatic carbocycles. The second kappa shape index (κ2) is 8.18. The SMILES string of the molecule is CCCNC1CCC(N(C)C(=O)Cc2ccccc2)CC1. The number of carbonyl (C=O) groups excluding carboxylic acids is 1. The number of hydrogen-bond donors (Lipinski definition) is 1. The molecule has 0 unspecified atom stereocenters. The van der Waals surface area contributed by atoms with E-state index in [1.54, 1.807) is 0 Å². The van der Waals surface area contributed by atoms with Gasteiger partial charge < -0.3 is 10.2 Å². The normalized spacial score (nSPS) is 22.0. The molecule has 0 aliphatic heterocycles. The molecule has 2 rings (SSSR count). The number of rotatable bonds is 6. The molecule has 0 saturated heterocycles. The molecule has 116 valence electrons. The summed E-state index contributed by atoms with van der Waals surface area (Å²) in [5.41, 5.74) is 1.10. The summed E-state index contributed by atoms with van der Waals surface area (Å²) in [5.74, 6) is 0.242. The average molecular weight is 288 g/mol. The zero-order valence-corrected chi connectivity index (χ0v) is 13.3. The summed E-state index contributed by atoms with van der Waals surface area (Å²) in [6, 6.07) is 11.1. The zero-order valence-electron chi connectivity index (χ0n) is 13.3. The number of hydrogen-bond acceptors (Lipinski definition) is 2. The molecule has 0 bridgehead atoms. The minimum atomic E-state index is 0.242. The van der Waals surface area contributed by atoms with Crippen molar-refractivity contribution in [2.24, 2.45) is 0 Å². The molecule has 3 nitrogen and oxygen atoms in total. The Hall–Kier alpha value is -1.35. The number of amides is 1. The van der Waals surface area contributed by atoms with Crippen LogP contribution in [0.5, 0.6) is 0 Å². The number of benzene rings is 1. The zero-order chi connectivity index (χ0) is 15.1. The molecule has 0 atom stereocenters. The molecule has 1 saturated carbocycles. The lowest BCUT2D eigenvalue weighted by atomic mass is 9.90. The summed E-state index contributed by atoms with van der Waals surface area (Å²) in [5, 5.41) is 3.60. The van der Waals surface area contributed by atoms with Crippen LogP contribution in [0.3, 0.4) is 0 Å². The lowest BCUT2D eigenvalue weighted by Gasteiger charge is -2.35. The average Bonchev–Trinajstić information content (AvgIpc) is 2.53. The highest BCUT2D eigenvalue weighted by molar-refractivity contribution is 5.78. The fourth-order valence-corrected chi connectivity index (χ4v) is 3.11. The molecule has 3 heteroatoms. The van der Waals surface area contributed by atoms with Crippen molar-refractivity contribution in [1.29, 1.82) is 0 Å². The molecule has 0 heterocycles. The fourth-order valence-electron chi connectivity index (χ4n) is 3.11. The number of likely N-dealkylation sites (N-methyl/N-ethyl adjacent to an activating group) is 1. The van der Waals surface area contributed by atoms with E-state index in [1.807, 2.05) is 42.3 Å². The van der Waals surface area contributed by atoms with Gasteiger partial charge in [0.05, 0.1) is 6.42 Å². The third-order valence-electron chi connectivity index (χ3n) is 4.52. The van der Waals surface area contributed by atoms with Gasteiger partial charge in [0, 0.05) is 19.1 Å². The molecule has 1 fully saturated rings. The maximum absolute atomic E-state index is 12.4. The van der Waals surface area contributed by atoms with Crippen LogP contribution in [0.1, 0.15) is 44.6 Å². The maximum Gasteiger partial charge on any atom is 0.226 e. The Bertz CT molecular complexity index is 424. The Morgan fingerprint density at radius 2 is 1.86 bits per heavy atom. The van der Waals surface area contributed by atoms with Gasteiger partial charge in [0.25, 0.3) is 0 Å². The van der Waals surface area contributed by atoms with Crippen LogP contribution in [-0.4, -0.2) is 36.5 Å². The van der Waals surface area contributed by atoms with E-state index in [0.717, 1.165) is 24.9 Å². The molecule has 1 aromatic carbocycles. The number of nitrogens with zero attached hydrogens (tertiary/aromatic N) is 1. The smallest absolute Gasteiger partial charge is 0.226 e. The van der Waals surface area contributed by atoms with Crippen molar-refractivity contribution in [1.82, 2.24) is 10.2 Å². The molecule has 1 aliphatic rings. The third kappa shape index (κ3) is 4.85. The van der Waals surface area contributed by atoms with Crippen molar-refractivity contribution >= 4 is 5.91 Å². The molecular formula is C18H28N2O. The summed E-state index contributed by atoms with van der Waals surface area (Å²) in [6.07, 6.45) is 6.33. The quantitative estimate of drug-likeness (QED) is 0.873. The molecule has 1 amide bonds. The number of carbonyl (C=O) groups is 1. The Labute approximate surface area is 128 Å². The van der Waals surface area contributed by atoms with Crippen LogP contribution < -0.4 is 5.32 Å². The van der Waals surface area contributed by atoms with E-state index in [2.05, 4.69) is 12.2 Å². The Morgan fingerprint density at radius 3 is 2.48 bits per heavy atom. The summed E-state index contributed by atoms with van der Waals surface area (Å²) < 4.78 is 0. The second-order valence-corrected chi connectivity index (χ2v) is 6.13. The molecule has 0 aromatic heterocycles. The van der Waals surface area contributed by atoms with Gasteiger partial charge in [0.2, 0.25) is 5.91 Å². The molecule has 1 aromatic rings. The monoisotopic (exact) mass is 288 g/mol. The van der Waals surface area contributed by atoms with E-state index in [-0.39, 0.29) is 5.91 Å². The van der Waals surface area contributed by atoms with Crippen LogP contribution in [0.2, 0.25) is 0 Å². The summed E-state index contributed by atoms with van der Waals surface area (Å²) in [4.78, 5) is 14.4. The van der Waals surface area contributed by atoms with Crippen molar-refractivity contribution < 1.29 is 4.79 Å². The van der Waals surface area contributed by atoms with Crippen molar-refractivity contribution in [2.75, 3.05) is 13.6 Å². The Morgan fingerprint density at radius 1 is 1.19 bits per heavy atom. The maximum atomic E-state index is 12.4. The van der Waals surface area contributed by atoms with Crippen LogP contribution >= 0.6 is 0 Å². The van der Waals surface area contributed by atoms with Gasteiger partial charge in [-0.15, -0.1) is 0 Å². The Balaban J connectivity index is 1.78. The predicted octanol–water partition coefficient (Wildman–Crippen LogP) is 3.00. The van der Waals surface area contributed by atoms with E-state index in [0.29, 0.717) is 18.5 Å². The standard InChI is InChI=1S/C18H28N2O/c1-3-13-19-16-9-11-17(12-10-16)20(2)18(21)14-15-7-5-4-6-8-15/h4-8,16-17,19H,3,9-14H2,1-2H3. The molecule has 0 spiro atoms. The van der Waals surface area contributed by atoms with Crippen molar-refractivity contribution in [3.05, 3.63) is 35.9 Å². The topological polar surface area (TPSA) is 32.3 Å². The second-order valence-electron chi connectivity index (χ2n) is 6.13. The third-order valence-corrected chi connectivity index (χ3v) is 4.52. The first kappa shape index (κ1) is 16.0. The van der Waals surface area contributed by atoms with E-state index in [9.17, 15) is 4.79 Å². The van der Waals surface area contributed by atoms with Gasteiger partial charge in [-0.25, -0.2) is 0 Å². The molecular weight excluding hydrogens is 260 g/mol. The van der Waals surface area contributed by atoms with Crippen LogP contribution in [0, 0.1) is 0 Å². The summed E-state index contributed by atoms with van der Waals surface area (Å²) >= 11 is 0. The van der Waals surface area contributed by atoms with Crippen LogP contribution in [0.25, 0.3) is 0 Å². The lowest BCUT2D eigenvalue weighted by molar-refractivity contribution is -0.131. The van der Waals surface area contributed by atoms with Gasteiger partial charge in [-0.3, -0.25) is 4.79 Å². The van der Waals surface area contributed by atoms with Crippen LogP contribution in [-0.2, 0) is 11.2 Å². The first-order valence-corrected chi connectivity index (χ1v) is 8.23. The van der Waals surface area contributed by atoms with Crippen LogP contribution in [0.4, 0.5) is 0 Å². The first-order valence-electron chi connectivity index (χ1n) is 8.23. The minimum absolute atomic E-state index is 0.242. The molecule has 1 N–H and O–H groups in total. The van der Waals surface area contributed by atoms with Gasteiger partial charge in [-0.1, -0.05) is 37.3 Å². The van der Waals surface area contributed by atoms with Gasteiger partial charge in [-0.05, 0) is 44.2 Å². The number of nitrogens with one attached hydrogen (secondary N) is 1. The summed E-state index contributed by atoms with van der Waals surface area (Å²) in [6.45, 7) is 3.31. The van der Waals surface area contributed by atoms with Gasteiger partial charge >= 0.3 is 0 Å². The fraction of sp³-hybridized carbons (Fsp3) is 0.611. The van der Waals surface area contributed by atoms with Crippen molar-refractivity contribution in [3.8, 4) is 0 Å². The van der Waals surface area contributed by atoms with Crippen molar-refractivity contribution in [3.63, 3.8) is 0 Å².